The standard InChI is InChI=1S/C29H27FN4O4/c1-17-16-20(29(37)38-2)8-11-22(17)27(35)31-21-9-6-18(7-10-21)19-12-14-34(15-13-19)28(36)26-23-4-3-5-24(30)25(23)32-33-26/h3-11,16,19H,12-15H2,1-2H3,(H,31,35)(H,32,33). The van der Waals surface area contributed by atoms with Gasteiger partial charge in [0.25, 0.3) is 11.8 Å². The molecule has 0 radical (unpaired) electrons. The van der Waals surface area contributed by atoms with Crippen molar-refractivity contribution in [3.8, 4) is 0 Å². The van der Waals surface area contributed by atoms with E-state index in [1.54, 1.807) is 42.2 Å². The maximum absolute atomic E-state index is 14.0. The first kappa shape index (κ1) is 25.1. The number of hydrogen-bond donors (Lipinski definition) is 2. The minimum Gasteiger partial charge on any atom is -0.465 e. The molecular weight excluding hydrogens is 487 g/mol. The van der Waals surface area contributed by atoms with Crippen molar-refractivity contribution in [1.82, 2.24) is 15.1 Å². The van der Waals surface area contributed by atoms with Crippen LogP contribution in [0.5, 0.6) is 0 Å². The van der Waals surface area contributed by atoms with Gasteiger partial charge in [-0.25, -0.2) is 9.18 Å². The number of anilines is 1. The largest absolute Gasteiger partial charge is 0.465 e. The van der Waals surface area contributed by atoms with Gasteiger partial charge >= 0.3 is 5.97 Å². The lowest BCUT2D eigenvalue weighted by atomic mass is 9.89. The molecule has 0 unspecified atom stereocenters. The van der Waals surface area contributed by atoms with Crippen molar-refractivity contribution in [3.63, 3.8) is 0 Å². The number of fused-ring (bicyclic) bond motifs is 1. The van der Waals surface area contributed by atoms with E-state index in [-0.39, 0.29) is 23.2 Å². The molecule has 9 heteroatoms. The second-order valence-corrected chi connectivity index (χ2v) is 9.40. The Balaban J connectivity index is 1.19. The predicted molar refractivity (Wildman–Crippen MR) is 141 cm³/mol. The van der Waals surface area contributed by atoms with E-state index in [2.05, 4.69) is 15.5 Å². The molecule has 0 saturated carbocycles. The van der Waals surface area contributed by atoms with Crippen molar-refractivity contribution in [2.75, 3.05) is 25.5 Å². The van der Waals surface area contributed by atoms with E-state index in [9.17, 15) is 18.8 Å². The summed E-state index contributed by atoms with van der Waals surface area (Å²) in [7, 11) is 1.32. The highest BCUT2D eigenvalue weighted by molar-refractivity contribution is 6.06. The van der Waals surface area contributed by atoms with Crippen LogP contribution in [0.25, 0.3) is 10.9 Å². The quantitative estimate of drug-likeness (QED) is 0.362. The van der Waals surface area contributed by atoms with Gasteiger partial charge < -0.3 is 15.0 Å². The molecule has 1 fully saturated rings. The van der Waals surface area contributed by atoms with Gasteiger partial charge in [0.05, 0.1) is 12.7 Å². The van der Waals surface area contributed by atoms with E-state index in [0.29, 0.717) is 46.5 Å². The molecule has 38 heavy (non-hydrogen) atoms. The van der Waals surface area contributed by atoms with E-state index in [0.717, 1.165) is 18.4 Å². The van der Waals surface area contributed by atoms with E-state index in [4.69, 9.17) is 4.74 Å². The Hall–Kier alpha value is -4.53. The number of rotatable bonds is 5. The van der Waals surface area contributed by atoms with Crippen molar-refractivity contribution < 1.29 is 23.5 Å². The van der Waals surface area contributed by atoms with Gasteiger partial charge in [0.1, 0.15) is 11.2 Å². The lowest BCUT2D eigenvalue weighted by molar-refractivity contribution is 0.0599. The molecule has 2 N–H and O–H groups in total. The summed E-state index contributed by atoms with van der Waals surface area (Å²) in [4.78, 5) is 39.3. The third kappa shape index (κ3) is 4.87. The van der Waals surface area contributed by atoms with E-state index >= 15 is 0 Å². The van der Waals surface area contributed by atoms with Crippen LogP contribution in [-0.4, -0.2) is 53.1 Å². The molecule has 0 spiro atoms. The van der Waals surface area contributed by atoms with Gasteiger partial charge in [-0.3, -0.25) is 14.7 Å². The number of aryl methyl sites for hydroxylation is 1. The summed E-state index contributed by atoms with van der Waals surface area (Å²) in [5.41, 5.74) is 3.84. The number of benzene rings is 3. The van der Waals surface area contributed by atoms with Crippen molar-refractivity contribution in [2.24, 2.45) is 0 Å². The Kier molecular flexibility index (Phi) is 6.91. The fourth-order valence-electron chi connectivity index (χ4n) is 4.94. The van der Waals surface area contributed by atoms with Crippen molar-refractivity contribution in [2.45, 2.75) is 25.7 Å². The van der Waals surface area contributed by atoms with Gasteiger partial charge in [-0.05, 0) is 73.2 Å². The van der Waals surface area contributed by atoms with Crippen LogP contribution in [0, 0.1) is 12.7 Å². The first-order chi connectivity index (χ1) is 18.4. The number of piperidine rings is 1. The zero-order valence-corrected chi connectivity index (χ0v) is 21.1. The molecule has 4 aromatic rings. The number of likely N-dealkylation sites (tertiary alicyclic amines) is 1. The third-order valence-corrected chi connectivity index (χ3v) is 7.06. The van der Waals surface area contributed by atoms with Crippen LogP contribution in [0.4, 0.5) is 10.1 Å². The van der Waals surface area contributed by atoms with Crippen LogP contribution in [0.3, 0.4) is 0 Å². The summed E-state index contributed by atoms with van der Waals surface area (Å²) in [6, 6.07) is 17.1. The molecule has 1 aliphatic rings. The van der Waals surface area contributed by atoms with E-state index < -0.39 is 11.8 Å². The second-order valence-electron chi connectivity index (χ2n) is 9.40. The molecule has 1 aromatic heterocycles. The average Bonchev–Trinajstić information content (AvgIpc) is 3.38. The minimum atomic E-state index is -0.456. The Labute approximate surface area is 218 Å². The topological polar surface area (TPSA) is 104 Å². The summed E-state index contributed by atoms with van der Waals surface area (Å²) in [6.45, 7) is 2.94. The third-order valence-electron chi connectivity index (χ3n) is 7.06. The van der Waals surface area contributed by atoms with Crippen molar-refractivity contribution in [1.29, 1.82) is 0 Å². The molecule has 0 aliphatic carbocycles. The number of nitrogens with zero attached hydrogens (tertiary/aromatic N) is 2. The van der Waals surface area contributed by atoms with Gasteiger partial charge in [0, 0.05) is 29.7 Å². The number of halogens is 1. The zero-order chi connectivity index (χ0) is 26.8. The fraction of sp³-hybridized carbons (Fsp3) is 0.241. The Morgan fingerprint density at radius 1 is 1.05 bits per heavy atom. The smallest absolute Gasteiger partial charge is 0.337 e. The number of aromatic nitrogens is 2. The van der Waals surface area contributed by atoms with Crippen LogP contribution in [0.15, 0.2) is 60.7 Å². The summed E-state index contributed by atoms with van der Waals surface area (Å²) < 4.78 is 18.7. The lowest BCUT2D eigenvalue weighted by Crippen LogP contribution is -2.38. The molecular formula is C29H27FN4O4. The molecule has 0 bridgehead atoms. The molecule has 2 amide bonds. The van der Waals surface area contributed by atoms with Crippen LogP contribution in [0.1, 0.15) is 61.1 Å². The number of carbonyl (C=O) groups is 3. The number of H-pyrrole nitrogens is 1. The Morgan fingerprint density at radius 2 is 1.79 bits per heavy atom. The number of aromatic amines is 1. The number of ether oxygens (including phenoxy) is 1. The Bertz CT molecular complexity index is 1520. The number of carbonyl (C=O) groups excluding carboxylic acids is 3. The normalized spacial score (nSPS) is 13.9. The van der Waals surface area contributed by atoms with Gasteiger partial charge in [0.2, 0.25) is 0 Å². The van der Waals surface area contributed by atoms with Crippen LogP contribution < -0.4 is 5.32 Å². The summed E-state index contributed by atoms with van der Waals surface area (Å²) in [5.74, 6) is -1.05. The number of methoxy groups -OCH3 is 1. The first-order valence-electron chi connectivity index (χ1n) is 12.4. The highest BCUT2D eigenvalue weighted by atomic mass is 19.1. The lowest BCUT2D eigenvalue weighted by Gasteiger charge is -2.32. The highest BCUT2D eigenvalue weighted by Gasteiger charge is 2.27. The molecule has 0 atom stereocenters. The number of amides is 2. The summed E-state index contributed by atoms with van der Waals surface area (Å²) in [6.07, 6.45) is 1.59. The van der Waals surface area contributed by atoms with Crippen LogP contribution in [-0.2, 0) is 4.74 Å². The molecule has 194 valence electrons. The van der Waals surface area contributed by atoms with Crippen molar-refractivity contribution >= 4 is 34.4 Å². The highest BCUT2D eigenvalue weighted by Crippen LogP contribution is 2.30. The van der Waals surface area contributed by atoms with E-state index in [1.807, 2.05) is 24.3 Å². The van der Waals surface area contributed by atoms with Crippen LogP contribution in [0.2, 0.25) is 0 Å². The molecule has 3 aromatic carbocycles. The number of para-hydroxylation sites is 1. The number of hydrogen-bond acceptors (Lipinski definition) is 5. The molecule has 1 aliphatic heterocycles. The number of esters is 1. The van der Waals surface area contributed by atoms with Gasteiger partial charge in [-0.1, -0.05) is 24.3 Å². The first-order valence-corrected chi connectivity index (χ1v) is 12.4. The van der Waals surface area contributed by atoms with Crippen molar-refractivity contribution in [3.05, 3.63) is 94.4 Å². The number of nitrogens with one attached hydrogen (secondary N) is 2. The van der Waals surface area contributed by atoms with Gasteiger partial charge in [-0.15, -0.1) is 0 Å². The molecule has 5 rings (SSSR count). The maximum Gasteiger partial charge on any atom is 0.337 e. The molecule has 1 saturated heterocycles. The van der Waals surface area contributed by atoms with Gasteiger partial charge in [-0.2, -0.15) is 5.10 Å². The summed E-state index contributed by atoms with van der Waals surface area (Å²) >= 11 is 0. The molecule has 2 heterocycles. The molecule has 8 nitrogen and oxygen atoms in total. The zero-order valence-electron chi connectivity index (χ0n) is 21.1. The van der Waals surface area contributed by atoms with Crippen LogP contribution >= 0.6 is 0 Å². The Morgan fingerprint density at radius 3 is 2.47 bits per heavy atom. The second kappa shape index (κ2) is 10.5. The fourth-order valence-corrected chi connectivity index (χ4v) is 4.94. The SMILES string of the molecule is COC(=O)c1ccc(C(=O)Nc2ccc(C3CCN(C(=O)c4[nH]nc5c(F)cccc45)CC3)cc2)c(C)c1. The predicted octanol–water partition coefficient (Wildman–Crippen LogP) is 5.07. The monoisotopic (exact) mass is 514 g/mol. The maximum atomic E-state index is 14.0. The van der Waals surface area contributed by atoms with Gasteiger partial charge in [0.15, 0.2) is 5.82 Å². The average molecular weight is 515 g/mol. The van der Waals surface area contributed by atoms with E-state index in [1.165, 1.54) is 13.2 Å². The summed E-state index contributed by atoms with van der Waals surface area (Å²) in [5, 5.41) is 10.1. The minimum absolute atomic E-state index is 0.172.